The van der Waals surface area contributed by atoms with Crippen LogP contribution >= 0.6 is 0 Å². The molecule has 0 atom stereocenters. The Balaban J connectivity index is 3.16. The van der Waals surface area contributed by atoms with Crippen LogP contribution in [0.5, 0.6) is 0 Å². The molecule has 0 fully saturated rings. The topological polar surface area (TPSA) is 75.9 Å². The Hall–Kier alpha value is -1.83. The van der Waals surface area contributed by atoms with Crippen molar-refractivity contribution in [2.24, 2.45) is 15.4 Å². The molecular weight excluding hydrogens is 208 g/mol. The number of hydrogen-bond donors (Lipinski definition) is 0. The third kappa shape index (κ3) is 2.83. The lowest BCUT2D eigenvalue weighted by Crippen LogP contribution is -2.26. The zero-order valence-electron chi connectivity index (χ0n) is 9.24. The predicted molar refractivity (Wildman–Crippen MR) is 56.2 cm³/mol. The van der Waals surface area contributed by atoms with Crippen molar-refractivity contribution in [2.45, 2.75) is 26.7 Å². The van der Waals surface area contributed by atoms with Gasteiger partial charge in [0, 0.05) is 6.42 Å². The molecule has 1 aliphatic carbocycles. The Bertz CT molecular complexity index is 436. The summed E-state index contributed by atoms with van der Waals surface area (Å²) in [7, 11) is 0. The summed E-state index contributed by atoms with van der Waals surface area (Å²) in [5, 5.41) is 0. The molecule has 0 spiro atoms. The van der Waals surface area contributed by atoms with Crippen LogP contribution in [0.2, 0.25) is 0 Å². The lowest BCUT2D eigenvalue weighted by molar-refractivity contribution is -0.118. The van der Waals surface area contributed by atoms with E-state index >= 15 is 0 Å². The average Bonchev–Trinajstić information content (AvgIpc) is 2.18. The molecule has 0 bridgehead atoms. The molecule has 1 rings (SSSR count). The Morgan fingerprint density at radius 3 is 2.50 bits per heavy atom. The highest BCUT2D eigenvalue weighted by Gasteiger charge is 2.32. The van der Waals surface area contributed by atoms with E-state index in [4.69, 9.17) is 0 Å². The number of nitrogens with zero attached hydrogens (tertiary/aromatic N) is 2. The van der Waals surface area contributed by atoms with Crippen LogP contribution in [-0.2, 0) is 14.4 Å². The van der Waals surface area contributed by atoms with Gasteiger partial charge in [0.25, 0.3) is 0 Å². The van der Waals surface area contributed by atoms with Crippen LogP contribution in [0.1, 0.15) is 26.7 Å². The van der Waals surface area contributed by atoms with Gasteiger partial charge in [0.2, 0.25) is 12.2 Å². The summed E-state index contributed by atoms with van der Waals surface area (Å²) in [5.41, 5.74) is 0.522. The SMILES string of the molecule is CC1(C)CC(=O)C(N=C=O)=C(CN=C=O)C1. The van der Waals surface area contributed by atoms with Gasteiger partial charge >= 0.3 is 0 Å². The maximum absolute atomic E-state index is 11.7. The van der Waals surface area contributed by atoms with E-state index in [-0.39, 0.29) is 23.4 Å². The van der Waals surface area contributed by atoms with Crippen molar-refractivity contribution >= 4 is 17.9 Å². The number of rotatable bonds is 3. The van der Waals surface area contributed by atoms with Crippen molar-refractivity contribution in [3.8, 4) is 0 Å². The fraction of sp³-hybridized carbons (Fsp3) is 0.545. The molecule has 16 heavy (non-hydrogen) atoms. The van der Waals surface area contributed by atoms with Gasteiger partial charge in [0.1, 0.15) is 5.70 Å². The first-order valence-corrected chi connectivity index (χ1v) is 4.87. The molecule has 0 aromatic heterocycles. The highest BCUT2D eigenvalue weighted by Crippen LogP contribution is 2.37. The minimum absolute atomic E-state index is 0.0686. The van der Waals surface area contributed by atoms with Crippen molar-refractivity contribution in [3.63, 3.8) is 0 Å². The fourth-order valence-electron chi connectivity index (χ4n) is 1.88. The molecule has 0 amide bonds. The highest BCUT2D eigenvalue weighted by molar-refractivity contribution is 5.98. The number of allylic oxidation sites excluding steroid dienone is 1. The van der Waals surface area contributed by atoms with Gasteiger partial charge in [-0.1, -0.05) is 13.8 Å². The van der Waals surface area contributed by atoms with E-state index in [9.17, 15) is 14.4 Å². The maximum Gasteiger partial charge on any atom is 0.240 e. The zero-order valence-corrected chi connectivity index (χ0v) is 9.24. The third-order valence-corrected chi connectivity index (χ3v) is 2.42. The Labute approximate surface area is 93.0 Å². The van der Waals surface area contributed by atoms with Crippen LogP contribution in [0.3, 0.4) is 0 Å². The number of carbonyl (C=O) groups excluding carboxylic acids is 3. The summed E-state index contributed by atoms with van der Waals surface area (Å²) in [6.07, 6.45) is 3.69. The van der Waals surface area contributed by atoms with Crippen molar-refractivity contribution in [1.82, 2.24) is 0 Å². The summed E-state index contributed by atoms with van der Waals surface area (Å²) in [6, 6.07) is 0. The summed E-state index contributed by atoms with van der Waals surface area (Å²) in [5.74, 6) is -0.198. The van der Waals surface area contributed by atoms with Crippen LogP contribution in [0, 0.1) is 5.41 Å². The quantitative estimate of drug-likeness (QED) is 0.531. The van der Waals surface area contributed by atoms with Gasteiger partial charge in [0.05, 0.1) is 6.54 Å². The van der Waals surface area contributed by atoms with Gasteiger partial charge in [-0.25, -0.2) is 14.6 Å². The van der Waals surface area contributed by atoms with Crippen molar-refractivity contribution in [2.75, 3.05) is 6.54 Å². The molecular formula is C11H12N2O3. The fourth-order valence-corrected chi connectivity index (χ4v) is 1.88. The van der Waals surface area contributed by atoms with Gasteiger partial charge < -0.3 is 0 Å². The van der Waals surface area contributed by atoms with Crippen LogP contribution in [0.4, 0.5) is 0 Å². The van der Waals surface area contributed by atoms with E-state index in [1.165, 1.54) is 12.2 Å². The van der Waals surface area contributed by atoms with E-state index in [1.807, 2.05) is 13.8 Å². The van der Waals surface area contributed by atoms with E-state index in [2.05, 4.69) is 9.98 Å². The molecule has 0 N–H and O–H groups in total. The molecule has 0 heterocycles. The third-order valence-electron chi connectivity index (χ3n) is 2.42. The van der Waals surface area contributed by atoms with Crippen LogP contribution < -0.4 is 0 Å². The van der Waals surface area contributed by atoms with Crippen LogP contribution in [0.25, 0.3) is 0 Å². The lowest BCUT2D eigenvalue weighted by Gasteiger charge is -2.29. The Morgan fingerprint density at radius 1 is 1.25 bits per heavy atom. The van der Waals surface area contributed by atoms with Gasteiger partial charge in [-0.05, 0) is 17.4 Å². The van der Waals surface area contributed by atoms with Crippen molar-refractivity contribution < 1.29 is 14.4 Å². The molecule has 0 aliphatic heterocycles. The second kappa shape index (κ2) is 4.79. The number of aliphatic imine (C=N–C) groups is 2. The number of Topliss-reactive ketones (excluding diaryl/α,β-unsaturated/α-hetero) is 1. The lowest BCUT2D eigenvalue weighted by atomic mass is 9.75. The first-order chi connectivity index (χ1) is 7.50. The first kappa shape index (κ1) is 12.2. The smallest absolute Gasteiger partial charge is 0.240 e. The van der Waals surface area contributed by atoms with Gasteiger partial charge in [-0.15, -0.1) is 0 Å². The summed E-state index contributed by atoms with van der Waals surface area (Å²) < 4.78 is 0. The summed E-state index contributed by atoms with van der Waals surface area (Å²) in [6.45, 7) is 3.95. The predicted octanol–water partition coefficient (Wildman–Crippen LogP) is 1.30. The standard InChI is InChI=1S/C11H12N2O3/c1-11(2)3-8(5-12-6-14)10(13-7-15)9(16)4-11/h3-5H2,1-2H3. The summed E-state index contributed by atoms with van der Waals surface area (Å²) >= 11 is 0. The maximum atomic E-state index is 11.7. The summed E-state index contributed by atoms with van der Waals surface area (Å²) in [4.78, 5) is 38.8. The molecule has 0 aromatic rings. The van der Waals surface area contributed by atoms with E-state index in [1.54, 1.807) is 0 Å². The average molecular weight is 220 g/mol. The second-order valence-electron chi connectivity index (χ2n) is 4.50. The van der Waals surface area contributed by atoms with Crippen LogP contribution in [-0.4, -0.2) is 24.5 Å². The molecule has 0 aromatic carbocycles. The normalized spacial score (nSPS) is 18.8. The Morgan fingerprint density at radius 2 is 1.94 bits per heavy atom. The minimum atomic E-state index is -0.198. The van der Waals surface area contributed by atoms with Crippen LogP contribution in [0.15, 0.2) is 21.3 Å². The van der Waals surface area contributed by atoms with E-state index < -0.39 is 0 Å². The number of hydrogen-bond acceptors (Lipinski definition) is 5. The molecule has 1 aliphatic rings. The number of isocyanates is 2. The van der Waals surface area contributed by atoms with Gasteiger partial charge in [-0.2, -0.15) is 4.99 Å². The molecule has 84 valence electrons. The first-order valence-electron chi connectivity index (χ1n) is 4.87. The molecule has 5 heteroatoms. The molecule has 0 saturated carbocycles. The minimum Gasteiger partial charge on any atom is -0.292 e. The molecule has 0 unspecified atom stereocenters. The molecule has 5 nitrogen and oxygen atoms in total. The Kier molecular flexibility index (Phi) is 3.67. The van der Waals surface area contributed by atoms with Crippen molar-refractivity contribution in [1.29, 1.82) is 0 Å². The largest absolute Gasteiger partial charge is 0.292 e. The van der Waals surface area contributed by atoms with Gasteiger partial charge in [0.15, 0.2) is 5.78 Å². The highest BCUT2D eigenvalue weighted by atomic mass is 16.1. The molecule has 0 radical (unpaired) electrons. The number of ketones is 1. The second-order valence-corrected chi connectivity index (χ2v) is 4.50. The number of carbonyl (C=O) groups is 1. The van der Waals surface area contributed by atoms with Crippen molar-refractivity contribution in [3.05, 3.63) is 11.3 Å². The monoisotopic (exact) mass is 220 g/mol. The van der Waals surface area contributed by atoms with E-state index in [0.717, 1.165) is 0 Å². The van der Waals surface area contributed by atoms with Gasteiger partial charge in [-0.3, -0.25) is 4.79 Å². The molecule has 0 saturated heterocycles. The zero-order chi connectivity index (χ0) is 12.2. The van der Waals surface area contributed by atoms with E-state index in [0.29, 0.717) is 18.4 Å².